The molecule has 1 amide bonds. The summed E-state index contributed by atoms with van der Waals surface area (Å²) in [5.41, 5.74) is 1.56. The van der Waals surface area contributed by atoms with Gasteiger partial charge in [-0.05, 0) is 32.0 Å². The van der Waals surface area contributed by atoms with Crippen LogP contribution < -0.4 is 10.6 Å². The van der Waals surface area contributed by atoms with Gasteiger partial charge in [-0.25, -0.2) is 0 Å². The molecule has 0 spiro atoms. The first-order valence-corrected chi connectivity index (χ1v) is 6.16. The summed E-state index contributed by atoms with van der Waals surface area (Å²) in [6.45, 7) is 5.18. The molecule has 0 aromatic heterocycles. The van der Waals surface area contributed by atoms with Crippen LogP contribution in [-0.2, 0) is 14.3 Å². The van der Waals surface area contributed by atoms with E-state index < -0.39 is 0 Å². The molecule has 1 aromatic rings. The van der Waals surface area contributed by atoms with Crippen molar-refractivity contribution in [3.05, 3.63) is 24.3 Å². The zero-order valence-electron chi connectivity index (χ0n) is 11.7. The number of hydrogen-bond donors (Lipinski definition) is 2. The summed E-state index contributed by atoms with van der Waals surface area (Å²) in [6.07, 6.45) is 0. The number of carbonyl (C=O) groups excluding carboxylic acids is 2. The molecule has 0 radical (unpaired) electrons. The third kappa shape index (κ3) is 4.62. The molecule has 0 saturated heterocycles. The van der Waals surface area contributed by atoms with Crippen molar-refractivity contribution < 1.29 is 14.3 Å². The maximum atomic E-state index is 11.4. The van der Waals surface area contributed by atoms with Crippen molar-refractivity contribution >= 4 is 23.3 Å². The molecule has 0 aliphatic rings. The fourth-order valence-electron chi connectivity index (χ4n) is 1.67. The Kier molecular flexibility index (Phi) is 5.36. The lowest BCUT2D eigenvalue weighted by Crippen LogP contribution is -2.30. The third-order valence-corrected chi connectivity index (χ3v) is 2.90. The Labute approximate surface area is 113 Å². The van der Waals surface area contributed by atoms with E-state index in [1.807, 2.05) is 25.1 Å². The molecule has 0 aliphatic carbocycles. The van der Waals surface area contributed by atoms with Gasteiger partial charge in [0.2, 0.25) is 5.91 Å². The van der Waals surface area contributed by atoms with Crippen LogP contribution >= 0.6 is 0 Å². The predicted octanol–water partition coefficient (Wildman–Crippen LogP) is 2.25. The first-order valence-electron chi connectivity index (χ1n) is 6.16. The fourth-order valence-corrected chi connectivity index (χ4v) is 1.67. The molecule has 0 fully saturated rings. The standard InChI is InChI=1S/C14H20N2O3/c1-9(14(18)19-4)10(2)15-12-6-5-7-13(8-12)16-11(3)17/h5-10,15H,1-4H3,(H,16,17). The second kappa shape index (κ2) is 6.78. The largest absolute Gasteiger partial charge is 0.469 e. The Morgan fingerprint density at radius 2 is 1.84 bits per heavy atom. The number of methoxy groups -OCH3 is 1. The molecule has 0 bridgehead atoms. The summed E-state index contributed by atoms with van der Waals surface area (Å²) in [5, 5.41) is 5.93. The van der Waals surface area contributed by atoms with Crippen LogP contribution in [0.15, 0.2) is 24.3 Å². The number of nitrogens with one attached hydrogen (secondary N) is 2. The number of amides is 1. The second-order valence-electron chi connectivity index (χ2n) is 4.51. The summed E-state index contributed by atoms with van der Waals surface area (Å²) >= 11 is 0. The van der Waals surface area contributed by atoms with Gasteiger partial charge in [0.15, 0.2) is 0 Å². The highest BCUT2D eigenvalue weighted by atomic mass is 16.5. The van der Waals surface area contributed by atoms with Crippen molar-refractivity contribution in [2.45, 2.75) is 26.8 Å². The van der Waals surface area contributed by atoms with Crippen LogP contribution in [0.2, 0.25) is 0 Å². The van der Waals surface area contributed by atoms with E-state index in [2.05, 4.69) is 10.6 Å². The van der Waals surface area contributed by atoms with Gasteiger partial charge < -0.3 is 15.4 Å². The van der Waals surface area contributed by atoms with Crippen LogP contribution in [0.5, 0.6) is 0 Å². The lowest BCUT2D eigenvalue weighted by Gasteiger charge is -2.20. The van der Waals surface area contributed by atoms with Gasteiger partial charge in [0, 0.05) is 24.3 Å². The van der Waals surface area contributed by atoms with Crippen LogP contribution in [-0.4, -0.2) is 25.0 Å². The first-order chi connectivity index (χ1) is 8.93. The molecule has 2 unspecified atom stereocenters. The topological polar surface area (TPSA) is 67.4 Å². The van der Waals surface area contributed by atoms with Gasteiger partial charge in [-0.15, -0.1) is 0 Å². The Morgan fingerprint density at radius 1 is 1.21 bits per heavy atom. The van der Waals surface area contributed by atoms with E-state index in [-0.39, 0.29) is 23.8 Å². The van der Waals surface area contributed by atoms with Crippen molar-refractivity contribution in [2.24, 2.45) is 5.92 Å². The number of anilines is 2. The molecule has 0 heterocycles. The second-order valence-corrected chi connectivity index (χ2v) is 4.51. The Bertz CT molecular complexity index is 460. The van der Waals surface area contributed by atoms with E-state index in [9.17, 15) is 9.59 Å². The van der Waals surface area contributed by atoms with Gasteiger partial charge in [0.05, 0.1) is 13.0 Å². The summed E-state index contributed by atoms with van der Waals surface area (Å²) in [6, 6.07) is 7.28. The van der Waals surface area contributed by atoms with Gasteiger partial charge in [-0.1, -0.05) is 6.07 Å². The Balaban J connectivity index is 2.71. The summed E-state index contributed by atoms with van der Waals surface area (Å²) in [4.78, 5) is 22.4. The fraction of sp³-hybridized carbons (Fsp3) is 0.429. The third-order valence-electron chi connectivity index (χ3n) is 2.90. The highest BCUT2D eigenvalue weighted by Gasteiger charge is 2.20. The average molecular weight is 264 g/mol. The van der Waals surface area contributed by atoms with E-state index >= 15 is 0 Å². The van der Waals surface area contributed by atoms with Gasteiger partial charge in [-0.2, -0.15) is 0 Å². The molecule has 19 heavy (non-hydrogen) atoms. The summed E-state index contributed by atoms with van der Waals surface area (Å²) in [7, 11) is 1.38. The van der Waals surface area contributed by atoms with Crippen molar-refractivity contribution in [3.8, 4) is 0 Å². The minimum Gasteiger partial charge on any atom is -0.469 e. The zero-order chi connectivity index (χ0) is 14.4. The predicted molar refractivity (Wildman–Crippen MR) is 75.0 cm³/mol. The van der Waals surface area contributed by atoms with E-state index in [0.717, 1.165) is 11.4 Å². The molecule has 1 rings (SSSR count). The molecular weight excluding hydrogens is 244 g/mol. The highest BCUT2D eigenvalue weighted by molar-refractivity contribution is 5.89. The summed E-state index contributed by atoms with van der Waals surface area (Å²) < 4.78 is 4.71. The summed E-state index contributed by atoms with van der Waals surface area (Å²) in [5.74, 6) is -0.624. The van der Waals surface area contributed by atoms with Gasteiger partial charge in [0.25, 0.3) is 0 Å². The van der Waals surface area contributed by atoms with Crippen LogP contribution in [0.25, 0.3) is 0 Å². The average Bonchev–Trinajstić information content (AvgIpc) is 2.36. The Morgan fingerprint density at radius 3 is 2.42 bits per heavy atom. The SMILES string of the molecule is COC(=O)C(C)C(C)Nc1cccc(NC(C)=O)c1. The van der Waals surface area contributed by atoms with Crippen molar-refractivity contribution in [1.29, 1.82) is 0 Å². The van der Waals surface area contributed by atoms with Gasteiger partial charge in [0.1, 0.15) is 0 Å². The minimum absolute atomic E-state index is 0.0694. The molecular formula is C14H20N2O3. The van der Waals surface area contributed by atoms with Crippen molar-refractivity contribution in [3.63, 3.8) is 0 Å². The van der Waals surface area contributed by atoms with Crippen LogP contribution in [0.1, 0.15) is 20.8 Å². The van der Waals surface area contributed by atoms with E-state index in [4.69, 9.17) is 4.74 Å². The number of hydrogen-bond acceptors (Lipinski definition) is 4. The van der Waals surface area contributed by atoms with Crippen LogP contribution in [0.4, 0.5) is 11.4 Å². The van der Waals surface area contributed by atoms with Crippen molar-refractivity contribution in [2.75, 3.05) is 17.7 Å². The number of esters is 1. The molecule has 1 aromatic carbocycles. The number of carbonyl (C=O) groups is 2. The van der Waals surface area contributed by atoms with Gasteiger partial charge >= 0.3 is 5.97 Å². The number of rotatable bonds is 5. The zero-order valence-corrected chi connectivity index (χ0v) is 11.7. The normalized spacial score (nSPS) is 13.3. The monoisotopic (exact) mass is 264 g/mol. The van der Waals surface area contributed by atoms with E-state index in [1.54, 1.807) is 13.0 Å². The molecule has 5 nitrogen and oxygen atoms in total. The van der Waals surface area contributed by atoms with E-state index in [1.165, 1.54) is 14.0 Å². The van der Waals surface area contributed by atoms with E-state index in [0.29, 0.717) is 0 Å². The first kappa shape index (κ1) is 15.0. The number of benzene rings is 1. The molecule has 0 aliphatic heterocycles. The maximum absolute atomic E-state index is 11.4. The lowest BCUT2D eigenvalue weighted by molar-refractivity contribution is -0.145. The van der Waals surface area contributed by atoms with Gasteiger partial charge in [-0.3, -0.25) is 9.59 Å². The molecule has 2 N–H and O–H groups in total. The number of ether oxygens (including phenoxy) is 1. The Hall–Kier alpha value is -2.04. The van der Waals surface area contributed by atoms with Crippen LogP contribution in [0, 0.1) is 5.92 Å². The van der Waals surface area contributed by atoms with Crippen LogP contribution in [0.3, 0.4) is 0 Å². The smallest absolute Gasteiger partial charge is 0.310 e. The molecule has 2 atom stereocenters. The molecule has 0 saturated carbocycles. The molecule has 5 heteroatoms. The minimum atomic E-state index is -0.255. The quantitative estimate of drug-likeness (QED) is 0.800. The van der Waals surface area contributed by atoms with Crippen molar-refractivity contribution in [1.82, 2.24) is 0 Å². The molecule has 104 valence electrons. The maximum Gasteiger partial charge on any atom is 0.310 e. The lowest BCUT2D eigenvalue weighted by atomic mass is 10.0. The highest BCUT2D eigenvalue weighted by Crippen LogP contribution is 2.18.